The zero-order valence-corrected chi connectivity index (χ0v) is 16.4. The Morgan fingerprint density at radius 3 is 2.59 bits per heavy atom. The van der Waals surface area contributed by atoms with Crippen LogP contribution in [0.25, 0.3) is 0 Å². The number of nitrogens with two attached hydrogens (primary N) is 1. The van der Waals surface area contributed by atoms with Crippen LogP contribution in [0.1, 0.15) is 36.0 Å². The molecule has 2 aromatic rings. The van der Waals surface area contributed by atoms with Gasteiger partial charge in [-0.1, -0.05) is 6.42 Å². The highest BCUT2D eigenvalue weighted by Crippen LogP contribution is 2.26. The quantitative estimate of drug-likeness (QED) is 0.450. The van der Waals surface area contributed by atoms with Gasteiger partial charge in [0, 0.05) is 30.9 Å². The van der Waals surface area contributed by atoms with Gasteiger partial charge in [-0.05, 0) is 43.5 Å². The van der Waals surface area contributed by atoms with Crippen molar-refractivity contribution in [2.24, 2.45) is 11.7 Å². The minimum absolute atomic E-state index is 0.127. The summed E-state index contributed by atoms with van der Waals surface area (Å²) in [5.74, 6) is 1.13. The zero-order valence-electron chi connectivity index (χ0n) is 16.4. The molecular weight excluding hydrogens is 372 g/mol. The van der Waals surface area contributed by atoms with Crippen LogP contribution < -0.4 is 26.4 Å². The van der Waals surface area contributed by atoms with E-state index in [1.165, 1.54) is 6.20 Å². The van der Waals surface area contributed by atoms with Crippen molar-refractivity contribution in [2.75, 3.05) is 30.8 Å². The molecule has 0 saturated heterocycles. The molecule has 9 heteroatoms. The van der Waals surface area contributed by atoms with E-state index in [0.29, 0.717) is 31.3 Å². The topological polar surface area (TPSA) is 131 Å². The lowest BCUT2D eigenvalue weighted by Gasteiger charge is -2.24. The predicted molar refractivity (Wildman–Crippen MR) is 110 cm³/mol. The largest absolute Gasteiger partial charge is 0.497 e. The van der Waals surface area contributed by atoms with Gasteiger partial charge in [-0.15, -0.1) is 0 Å². The van der Waals surface area contributed by atoms with Gasteiger partial charge in [-0.3, -0.25) is 9.59 Å². The molecule has 0 unspecified atom stereocenters. The van der Waals surface area contributed by atoms with E-state index in [1.807, 2.05) is 24.3 Å². The maximum absolute atomic E-state index is 11.8. The summed E-state index contributed by atoms with van der Waals surface area (Å²) in [6, 6.07) is 7.30. The fourth-order valence-corrected chi connectivity index (χ4v) is 2.88. The van der Waals surface area contributed by atoms with Gasteiger partial charge in [0.15, 0.2) is 0 Å². The lowest BCUT2D eigenvalue weighted by atomic mass is 9.85. The molecule has 0 atom stereocenters. The minimum atomic E-state index is -0.609. The van der Waals surface area contributed by atoms with Gasteiger partial charge in [-0.25, -0.2) is 4.98 Å². The first-order valence-corrected chi connectivity index (χ1v) is 9.66. The molecule has 154 valence electrons. The number of primary amides is 1. The first-order valence-electron chi connectivity index (χ1n) is 9.66. The highest BCUT2D eigenvalue weighted by molar-refractivity contribution is 5.97. The fourth-order valence-electron chi connectivity index (χ4n) is 2.88. The number of benzene rings is 1. The summed E-state index contributed by atoms with van der Waals surface area (Å²) >= 11 is 0. The number of hydrogen-bond acceptors (Lipinski definition) is 7. The second kappa shape index (κ2) is 9.72. The Hall–Kier alpha value is -3.36. The number of nitrogens with zero attached hydrogens (tertiary/aromatic N) is 2. The molecule has 1 fully saturated rings. The van der Waals surface area contributed by atoms with Gasteiger partial charge >= 0.3 is 0 Å². The van der Waals surface area contributed by atoms with Gasteiger partial charge < -0.3 is 26.4 Å². The molecule has 9 nitrogen and oxygen atoms in total. The Morgan fingerprint density at radius 1 is 1.21 bits per heavy atom. The Balaban J connectivity index is 1.56. The van der Waals surface area contributed by atoms with E-state index in [4.69, 9.17) is 10.5 Å². The third-order valence-electron chi connectivity index (χ3n) is 4.82. The Morgan fingerprint density at radius 2 is 1.97 bits per heavy atom. The maximum Gasteiger partial charge on any atom is 0.254 e. The van der Waals surface area contributed by atoms with Crippen LogP contribution in [0.2, 0.25) is 0 Å². The van der Waals surface area contributed by atoms with Gasteiger partial charge in [0.05, 0.1) is 12.7 Å². The van der Waals surface area contributed by atoms with Gasteiger partial charge in [0.1, 0.15) is 11.6 Å². The number of aromatic nitrogens is 2. The van der Waals surface area contributed by atoms with Crippen LogP contribution in [0.15, 0.2) is 30.5 Å². The number of carbonyl (C=O) groups excluding carboxylic acids is 2. The van der Waals surface area contributed by atoms with Crippen LogP contribution in [-0.2, 0) is 4.79 Å². The molecule has 1 aromatic heterocycles. The van der Waals surface area contributed by atoms with E-state index in [-0.39, 0.29) is 17.4 Å². The average Bonchev–Trinajstić information content (AvgIpc) is 2.67. The molecule has 3 rings (SSSR count). The fraction of sp³-hybridized carbons (Fsp3) is 0.400. The predicted octanol–water partition coefficient (Wildman–Crippen LogP) is 2.05. The first-order chi connectivity index (χ1) is 14.1. The Kier molecular flexibility index (Phi) is 6.83. The molecule has 1 saturated carbocycles. The van der Waals surface area contributed by atoms with Crippen LogP contribution in [0.3, 0.4) is 0 Å². The number of anilines is 3. The highest BCUT2D eigenvalue weighted by Gasteiger charge is 2.24. The lowest BCUT2D eigenvalue weighted by molar-refractivity contribution is -0.127. The summed E-state index contributed by atoms with van der Waals surface area (Å²) in [5, 5.41) is 9.12. The summed E-state index contributed by atoms with van der Waals surface area (Å²) in [6.45, 7) is 1.10. The van der Waals surface area contributed by atoms with Crippen molar-refractivity contribution in [2.45, 2.75) is 25.7 Å². The first kappa shape index (κ1) is 20.4. The van der Waals surface area contributed by atoms with Crippen LogP contribution in [0.4, 0.5) is 17.5 Å². The molecule has 0 spiro atoms. The Bertz CT molecular complexity index is 852. The SMILES string of the molecule is COc1ccc(Nc2ncc(C(N)=O)c(NCCCNC(=O)C3CCC3)n2)cc1. The molecule has 0 aliphatic heterocycles. The molecular formula is C20H26N6O3. The lowest BCUT2D eigenvalue weighted by Crippen LogP contribution is -2.35. The second-order valence-corrected chi connectivity index (χ2v) is 6.87. The van der Waals surface area contributed by atoms with Crippen LogP contribution >= 0.6 is 0 Å². The number of amides is 2. The molecule has 5 N–H and O–H groups in total. The van der Waals surface area contributed by atoms with Crippen molar-refractivity contribution in [3.8, 4) is 5.75 Å². The van der Waals surface area contributed by atoms with Gasteiger partial charge in [0.2, 0.25) is 11.9 Å². The van der Waals surface area contributed by atoms with E-state index >= 15 is 0 Å². The molecule has 0 radical (unpaired) electrons. The third kappa shape index (κ3) is 5.56. The summed E-state index contributed by atoms with van der Waals surface area (Å²) < 4.78 is 5.14. The van der Waals surface area contributed by atoms with Crippen molar-refractivity contribution in [3.63, 3.8) is 0 Å². The standard InChI is InChI=1S/C20H26N6O3/c1-29-15-8-6-14(7-9-15)25-20-24-12-16(17(21)27)18(26-20)22-10-3-11-23-19(28)13-4-2-5-13/h6-9,12-13H,2-5,10-11H2,1H3,(H2,21,27)(H,23,28)(H2,22,24,25,26). The molecule has 29 heavy (non-hydrogen) atoms. The van der Waals surface area contributed by atoms with E-state index in [1.54, 1.807) is 7.11 Å². The number of carbonyl (C=O) groups is 2. The van der Waals surface area contributed by atoms with Crippen molar-refractivity contribution in [1.29, 1.82) is 0 Å². The molecule has 1 aliphatic rings. The highest BCUT2D eigenvalue weighted by atomic mass is 16.5. The molecule has 1 aliphatic carbocycles. The van der Waals surface area contributed by atoms with E-state index < -0.39 is 5.91 Å². The van der Waals surface area contributed by atoms with Crippen molar-refractivity contribution in [1.82, 2.24) is 15.3 Å². The van der Waals surface area contributed by atoms with E-state index in [2.05, 4.69) is 25.9 Å². The number of nitrogens with one attached hydrogen (secondary N) is 3. The number of rotatable bonds is 10. The second-order valence-electron chi connectivity index (χ2n) is 6.87. The van der Waals surface area contributed by atoms with Crippen molar-refractivity contribution in [3.05, 3.63) is 36.0 Å². The van der Waals surface area contributed by atoms with Gasteiger partial charge in [0.25, 0.3) is 5.91 Å². The van der Waals surface area contributed by atoms with Crippen molar-refractivity contribution >= 4 is 29.3 Å². The molecule has 1 heterocycles. The smallest absolute Gasteiger partial charge is 0.254 e. The van der Waals surface area contributed by atoms with Crippen molar-refractivity contribution < 1.29 is 14.3 Å². The molecule has 0 bridgehead atoms. The third-order valence-corrected chi connectivity index (χ3v) is 4.82. The number of methoxy groups -OCH3 is 1. The number of ether oxygens (including phenoxy) is 1. The minimum Gasteiger partial charge on any atom is -0.497 e. The summed E-state index contributed by atoms with van der Waals surface area (Å²) in [6.07, 6.45) is 5.19. The average molecular weight is 398 g/mol. The van der Waals surface area contributed by atoms with E-state index in [9.17, 15) is 9.59 Å². The van der Waals surface area contributed by atoms with Crippen LogP contribution in [-0.4, -0.2) is 42.0 Å². The number of hydrogen-bond donors (Lipinski definition) is 4. The normalized spacial score (nSPS) is 13.3. The Labute approximate surface area is 169 Å². The zero-order chi connectivity index (χ0) is 20.6. The monoisotopic (exact) mass is 398 g/mol. The summed E-state index contributed by atoms with van der Waals surface area (Å²) in [4.78, 5) is 32.0. The van der Waals surface area contributed by atoms with Crippen LogP contribution in [0.5, 0.6) is 5.75 Å². The maximum atomic E-state index is 11.8. The van der Waals surface area contributed by atoms with E-state index in [0.717, 1.165) is 30.7 Å². The summed E-state index contributed by atoms with van der Waals surface area (Å²) in [7, 11) is 1.60. The molecule has 2 amide bonds. The van der Waals surface area contributed by atoms with Crippen LogP contribution in [0, 0.1) is 5.92 Å². The van der Waals surface area contributed by atoms with Gasteiger partial charge in [-0.2, -0.15) is 4.98 Å². The summed E-state index contributed by atoms with van der Waals surface area (Å²) in [5.41, 5.74) is 6.42. The molecule has 1 aromatic carbocycles.